The van der Waals surface area contributed by atoms with E-state index < -0.39 is 10.0 Å². The van der Waals surface area contributed by atoms with Crippen LogP contribution >= 0.6 is 0 Å². The zero-order valence-electron chi connectivity index (χ0n) is 15.4. The minimum absolute atomic E-state index is 0.00858. The highest BCUT2D eigenvalue weighted by atomic mass is 32.2. The molecule has 0 radical (unpaired) electrons. The number of fused-ring (bicyclic) bond motifs is 1. The van der Waals surface area contributed by atoms with Gasteiger partial charge in [-0.25, -0.2) is 22.6 Å². The number of hydrogen-bond acceptors (Lipinski definition) is 4. The van der Waals surface area contributed by atoms with Crippen molar-refractivity contribution in [3.63, 3.8) is 0 Å². The van der Waals surface area contributed by atoms with Crippen molar-refractivity contribution >= 4 is 15.9 Å². The first kappa shape index (κ1) is 19.3. The fraction of sp³-hybridized carbons (Fsp3) is 0.200. The lowest BCUT2D eigenvalue weighted by Crippen LogP contribution is -2.24. The van der Waals surface area contributed by atoms with E-state index in [9.17, 15) is 17.6 Å². The summed E-state index contributed by atoms with van der Waals surface area (Å²) in [4.78, 5) is 12.8. The summed E-state index contributed by atoms with van der Waals surface area (Å²) in [6.45, 7) is 0.139. The van der Waals surface area contributed by atoms with Gasteiger partial charge in [0.2, 0.25) is 10.0 Å². The number of carbonyl (C=O) groups excluding carboxylic acids is 1. The highest BCUT2D eigenvalue weighted by Gasteiger charge is 2.26. The van der Waals surface area contributed by atoms with Crippen LogP contribution in [0.2, 0.25) is 0 Å². The highest BCUT2D eigenvalue weighted by Crippen LogP contribution is 2.28. The lowest BCUT2D eigenvalue weighted by molar-refractivity contribution is 0.0944. The topological polar surface area (TPSA) is 107 Å². The maximum absolute atomic E-state index is 13.2. The number of nitrogens with two attached hydrogens (primary N) is 1. The smallest absolute Gasteiger partial charge is 0.272 e. The van der Waals surface area contributed by atoms with Gasteiger partial charge >= 0.3 is 0 Å². The predicted octanol–water partition coefficient (Wildman–Crippen LogP) is 2.08. The molecule has 2 aromatic carbocycles. The molecule has 3 N–H and O–H groups in total. The van der Waals surface area contributed by atoms with Crippen LogP contribution in [0.25, 0.3) is 5.69 Å². The predicted molar refractivity (Wildman–Crippen MR) is 105 cm³/mol. The second-order valence-electron chi connectivity index (χ2n) is 6.89. The average molecular weight is 414 g/mol. The standard InChI is InChI=1S/C20H19FN4O3S/c21-14-7-9-15(10-8-14)25-18-6-2-5-17(18)19(24-25)20(26)23-12-13-3-1-4-16(11-13)29(22,27)28/h1,3-4,7-11H,2,5-6,12H2,(H,23,26)(H2,22,27,28). The Morgan fingerprint density at radius 2 is 1.93 bits per heavy atom. The molecule has 0 saturated carbocycles. The molecule has 0 bridgehead atoms. The number of nitrogens with one attached hydrogen (secondary N) is 1. The first-order chi connectivity index (χ1) is 13.8. The van der Waals surface area contributed by atoms with Gasteiger partial charge in [-0.15, -0.1) is 0 Å². The molecule has 1 amide bonds. The SMILES string of the molecule is NS(=O)(=O)c1cccc(CNC(=O)c2nn(-c3ccc(F)cc3)c3c2CCC3)c1. The molecule has 29 heavy (non-hydrogen) atoms. The van der Waals surface area contributed by atoms with Gasteiger partial charge in [0.25, 0.3) is 5.91 Å². The van der Waals surface area contributed by atoms with Crippen LogP contribution in [0, 0.1) is 5.82 Å². The Hall–Kier alpha value is -3.04. The number of aromatic nitrogens is 2. The van der Waals surface area contributed by atoms with Crippen LogP contribution in [0.4, 0.5) is 4.39 Å². The van der Waals surface area contributed by atoms with Gasteiger partial charge in [0.05, 0.1) is 10.6 Å². The minimum atomic E-state index is -3.81. The van der Waals surface area contributed by atoms with Crippen LogP contribution in [-0.4, -0.2) is 24.1 Å². The number of carbonyl (C=O) groups is 1. The van der Waals surface area contributed by atoms with E-state index >= 15 is 0 Å². The molecule has 0 fully saturated rings. The molecule has 1 aliphatic carbocycles. The molecule has 0 unspecified atom stereocenters. The molecule has 1 aromatic heterocycles. The molecule has 3 aromatic rings. The summed E-state index contributed by atoms with van der Waals surface area (Å²) in [5, 5.41) is 12.4. The van der Waals surface area contributed by atoms with Crippen LogP contribution in [0.15, 0.2) is 53.4 Å². The minimum Gasteiger partial charge on any atom is -0.347 e. The summed E-state index contributed by atoms with van der Waals surface area (Å²) >= 11 is 0. The molecule has 0 atom stereocenters. The molecule has 4 rings (SSSR count). The molecule has 0 spiro atoms. The van der Waals surface area contributed by atoms with Crippen molar-refractivity contribution in [1.82, 2.24) is 15.1 Å². The van der Waals surface area contributed by atoms with Gasteiger partial charge in [0.1, 0.15) is 5.82 Å². The van der Waals surface area contributed by atoms with E-state index in [4.69, 9.17) is 5.14 Å². The van der Waals surface area contributed by atoms with Crippen molar-refractivity contribution in [3.8, 4) is 5.69 Å². The number of sulfonamides is 1. The molecule has 1 heterocycles. The van der Waals surface area contributed by atoms with Crippen molar-refractivity contribution in [2.45, 2.75) is 30.7 Å². The zero-order chi connectivity index (χ0) is 20.6. The van der Waals surface area contributed by atoms with E-state index in [0.29, 0.717) is 16.9 Å². The first-order valence-electron chi connectivity index (χ1n) is 9.09. The third kappa shape index (κ3) is 3.92. The van der Waals surface area contributed by atoms with Crippen molar-refractivity contribution in [2.75, 3.05) is 0 Å². The summed E-state index contributed by atoms with van der Waals surface area (Å²) in [6.07, 6.45) is 2.47. The van der Waals surface area contributed by atoms with E-state index in [0.717, 1.165) is 30.5 Å². The first-order valence-corrected chi connectivity index (χ1v) is 10.6. The third-order valence-corrected chi connectivity index (χ3v) is 5.81. The third-order valence-electron chi connectivity index (χ3n) is 4.90. The molecule has 1 aliphatic rings. The number of benzene rings is 2. The summed E-state index contributed by atoms with van der Waals surface area (Å²) in [5.41, 5.74) is 3.50. The quantitative estimate of drug-likeness (QED) is 0.666. The van der Waals surface area contributed by atoms with Crippen molar-refractivity contribution < 1.29 is 17.6 Å². The number of halogens is 1. The number of amides is 1. The Bertz CT molecular complexity index is 1190. The van der Waals surface area contributed by atoms with Crippen LogP contribution < -0.4 is 10.5 Å². The maximum atomic E-state index is 13.2. The Kier molecular flexibility index (Phi) is 4.93. The number of nitrogens with zero attached hydrogens (tertiary/aromatic N) is 2. The number of rotatable bonds is 5. The van der Waals surface area contributed by atoms with Gasteiger partial charge < -0.3 is 5.32 Å². The summed E-state index contributed by atoms with van der Waals surface area (Å²) < 4.78 is 37.9. The zero-order valence-corrected chi connectivity index (χ0v) is 16.2. The lowest BCUT2D eigenvalue weighted by Gasteiger charge is -2.07. The largest absolute Gasteiger partial charge is 0.347 e. The van der Waals surface area contributed by atoms with E-state index in [2.05, 4.69) is 10.4 Å². The molecule has 150 valence electrons. The monoisotopic (exact) mass is 414 g/mol. The lowest BCUT2D eigenvalue weighted by atomic mass is 10.2. The van der Waals surface area contributed by atoms with Crippen LogP contribution in [-0.2, 0) is 29.4 Å². The van der Waals surface area contributed by atoms with Gasteiger partial charge in [0, 0.05) is 17.8 Å². The molecule has 0 saturated heterocycles. The Morgan fingerprint density at radius 3 is 2.66 bits per heavy atom. The molecular formula is C20H19FN4O3S. The summed E-state index contributed by atoms with van der Waals surface area (Å²) in [5.74, 6) is -0.678. The normalized spacial score (nSPS) is 13.3. The second kappa shape index (κ2) is 7.41. The molecular weight excluding hydrogens is 395 g/mol. The van der Waals surface area contributed by atoms with E-state index in [1.165, 1.54) is 24.3 Å². The van der Waals surface area contributed by atoms with Gasteiger partial charge in [0.15, 0.2) is 5.69 Å². The molecule has 7 nitrogen and oxygen atoms in total. The Morgan fingerprint density at radius 1 is 1.17 bits per heavy atom. The van der Waals surface area contributed by atoms with Crippen molar-refractivity contribution in [1.29, 1.82) is 0 Å². The fourth-order valence-corrected chi connectivity index (χ4v) is 4.10. The van der Waals surface area contributed by atoms with Gasteiger partial charge in [-0.1, -0.05) is 12.1 Å². The van der Waals surface area contributed by atoms with Gasteiger partial charge in [-0.3, -0.25) is 4.79 Å². The Balaban J connectivity index is 1.57. The number of hydrogen-bond donors (Lipinski definition) is 2. The van der Waals surface area contributed by atoms with Crippen molar-refractivity contribution in [2.24, 2.45) is 5.14 Å². The van der Waals surface area contributed by atoms with Crippen LogP contribution in [0.1, 0.15) is 33.7 Å². The molecule has 9 heteroatoms. The van der Waals surface area contributed by atoms with Crippen LogP contribution in [0.5, 0.6) is 0 Å². The number of primary sulfonamides is 1. The maximum Gasteiger partial charge on any atom is 0.272 e. The van der Waals surface area contributed by atoms with Crippen molar-refractivity contribution in [3.05, 3.63) is 76.9 Å². The molecule has 0 aliphatic heterocycles. The van der Waals surface area contributed by atoms with E-state index in [-0.39, 0.29) is 23.2 Å². The van der Waals surface area contributed by atoms with E-state index in [1.54, 1.807) is 28.9 Å². The van der Waals surface area contributed by atoms with E-state index in [1.807, 2.05) is 0 Å². The highest BCUT2D eigenvalue weighted by molar-refractivity contribution is 7.89. The van der Waals surface area contributed by atoms with Crippen LogP contribution in [0.3, 0.4) is 0 Å². The summed E-state index contributed by atoms with van der Waals surface area (Å²) in [6, 6.07) is 12.1. The Labute approximate surface area is 167 Å². The summed E-state index contributed by atoms with van der Waals surface area (Å²) in [7, 11) is -3.81. The fourth-order valence-electron chi connectivity index (χ4n) is 3.51. The average Bonchev–Trinajstić information content (AvgIpc) is 3.29. The van der Waals surface area contributed by atoms with Gasteiger partial charge in [-0.2, -0.15) is 5.10 Å². The van der Waals surface area contributed by atoms with Gasteiger partial charge in [-0.05, 0) is 61.2 Å². The second-order valence-corrected chi connectivity index (χ2v) is 8.45.